The number of halogens is 1. The van der Waals surface area contributed by atoms with E-state index in [2.05, 4.69) is 49.3 Å². The number of ether oxygens (including phenoxy) is 3. The lowest BCUT2D eigenvalue weighted by Crippen LogP contribution is -2.74. The van der Waals surface area contributed by atoms with Gasteiger partial charge in [-0.2, -0.15) is 5.26 Å². The molecule has 0 radical (unpaired) electrons. The van der Waals surface area contributed by atoms with E-state index in [1.54, 1.807) is 30.3 Å². The molecule has 1 amide bonds. The smallest absolute Gasteiger partial charge is 0.251 e. The molecule has 2 saturated carbocycles. The highest BCUT2D eigenvalue weighted by molar-refractivity contribution is 6.31. The highest BCUT2D eigenvalue weighted by Crippen LogP contribution is 2.55. The second-order valence-corrected chi connectivity index (χ2v) is 13.6. The number of hydrogen-bond acceptors (Lipinski definition) is 7. The van der Waals surface area contributed by atoms with Crippen LogP contribution >= 0.6 is 11.6 Å². The standard InChI is InChI=1S/C34H45ClN4O4/c1-33(2)31(34(3,4)32(33)43-26-14-11-24(22-36)27(35)21-26)38-30(40)23-9-12-25(13-10-23)41-19-20-42-29-8-6-5-7-28(29)39-17-15-37-16-18-39/h9-14,21,28-29,31-32,37H,5-8,15-20H2,1-4H3,(H,38,40). The zero-order chi connectivity index (χ0) is 30.6. The number of nitriles is 1. The third-order valence-electron chi connectivity index (χ3n) is 9.52. The molecule has 1 aliphatic heterocycles. The molecule has 0 spiro atoms. The summed E-state index contributed by atoms with van der Waals surface area (Å²) < 4.78 is 18.6. The van der Waals surface area contributed by atoms with Crippen LogP contribution in [0.4, 0.5) is 0 Å². The molecule has 2 aliphatic carbocycles. The Morgan fingerprint density at radius 2 is 1.70 bits per heavy atom. The molecule has 2 aromatic rings. The predicted molar refractivity (Wildman–Crippen MR) is 168 cm³/mol. The number of carbonyl (C=O) groups is 1. The minimum absolute atomic E-state index is 0.107. The quantitative estimate of drug-likeness (QED) is 0.347. The van der Waals surface area contributed by atoms with Crippen LogP contribution in [-0.4, -0.2) is 74.5 Å². The summed E-state index contributed by atoms with van der Waals surface area (Å²) in [6.07, 6.45) is 4.95. The molecule has 2 atom stereocenters. The van der Waals surface area contributed by atoms with Gasteiger partial charge in [0, 0.05) is 60.7 Å². The number of hydrogen-bond donors (Lipinski definition) is 2. The number of nitrogens with zero attached hydrogens (tertiary/aromatic N) is 2. The van der Waals surface area contributed by atoms with E-state index in [9.17, 15) is 4.79 Å². The van der Waals surface area contributed by atoms with Crippen molar-refractivity contribution in [3.63, 3.8) is 0 Å². The molecule has 0 aromatic heterocycles. The van der Waals surface area contributed by atoms with E-state index in [4.69, 9.17) is 31.1 Å². The van der Waals surface area contributed by atoms with E-state index < -0.39 is 0 Å². The Balaban J connectivity index is 1.10. The van der Waals surface area contributed by atoms with E-state index in [1.165, 1.54) is 19.3 Å². The van der Waals surface area contributed by atoms with Crippen molar-refractivity contribution in [2.75, 3.05) is 39.4 Å². The van der Waals surface area contributed by atoms with Crippen molar-refractivity contribution >= 4 is 17.5 Å². The SMILES string of the molecule is CC1(C)C(NC(=O)c2ccc(OCCOC3CCCCC3N3CCNCC3)cc2)C(C)(C)C1Oc1ccc(C#N)c(Cl)c1. The summed E-state index contributed by atoms with van der Waals surface area (Å²) in [5.74, 6) is 1.21. The molecule has 8 nitrogen and oxygen atoms in total. The van der Waals surface area contributed by atoms with E-state index in [1.807, 2.05) is 12.1 Å². The molecule has 1 saturated heterocycles. The summed E-state index contributed by atoms with van der Waals surface area (Å²) in [4.78, 5) is 15.8. The van der Waals surface area contributed by atoms with Gasteiger partial charge in [-0.1, -0.05) is 52.1 Å². The molecule has 3 fully saturated rings. The number of piperazine rings is 1. The van der Waals surface area contributed by atoms with Crippen LogP contribution in [0.1, 0.15) is 69.3 Å². The van der Waals surface area contributed by atoms with Gasteiger partial charge >= 0.3 is 0 Å². The molecule has 9 heteroatoms. The first-order valence-corrected chi connectivity index (χ1v) is 16.0. The van der Waals surface area contributed by atoms with Crippen LogP contribution in [0.15, 0.2) is 42.5 Å². The molecule has 3 aliphatic rings. The molecule has 2 aromatic carbocycles. The first kappa shape index (κ1) is 31.6. The Bertz CT molecular complexity index is 1290. The number of rotatable bonds is 10. The number of nitrogens with one attached hydrogen (secondary N) is 2. The third kappa shape index (κ3) is 6.96. The second kappa shape index (κ2) is 13.4. The first-order chi connectivity index (χ1) is 20.6. The van der Waals surface area contributed by atoms with Crippen LogP contribution in [0, 0.1) is 22.2 Å². The van der Waals surface area contributed by atoms with Crippen molar-refractivity contribution in [3.05, 3.63) is 58.6 Å². The van der Waals surface area contributed by atoms with Crippen LogP contribution in [0.25, 0.3) is 0 Å². The monoisotopic (exact) mass is 608 g/mol. The van der Waals surface area contributed by atoms with Gasteiger partial charge in [-0.3, -0.25) is 9.69 Å². The van der Waals surface area contributed by atoms with Crippen molar-refractivity contribution in [2.45, 2.75) is 77.7 Å². The topological polar surface area (TPSA) is 95.8 Å². The first-order valence-electron chi connectivity index (χ1n) is 15.6. The highest BCUT2D eigenvalue weighted by atomic mass is 35.5. The molecule has 5 rings (SSSR count). The van der Waals surface area contributed by atoms with Gasteiger partial charge in [0.15, 0.2) is 0 Å². The maximum Gasteiger partial charge on any atom is 0.251 e. The molecule has 2 unspecified atom stereocenters. The Morgan fingerprint density at radius 1 is 1.02 bits per heavy atom. The summed E-state index contributed by atoms with van der Waals surface area (Å²) in [5, 5.41) is 16.2. The fourth-order valence-corrected chi connectivity index (χ4v) is 7.79. The van der Waals surface area contributed by atoms with E-state index in [0.29, 0.717) is 41.2 Å². The summed E-state index contributed by atoms with van der Waals surface area (Å²) in [6, 6.07) is 14.9. The zero-order valence-corrected chi connectivity index (χ0v) is 26.6. The normalized spacial score (nSPS) is 26.5. The number of benzene rings is 2. The number of carbonyl (C=O) groups excluding carboxylic acids is 1. The van der Waals surface area contributed by atoms with E-state index in [-0.39, 0.29) is 35.0 Å². The summed E-state index contributed by atoms with van der Waals surface area (Å²) in [5.41, 5.74) is 0.338. The zero-order valence-electron chi connectivity index (χ0n) is 25.8. The van der Waals surface area contributed by atoms with Crippen LogP contribution in [0.3, 0.4) is 0 Å². The largest absolute Gasteiger partial charge is 0.491 e. The Kier molecular flexibility index (Phi) is 9.87. The average molecular weight is 609 g/mol. The van der Waals surface area contributed by atoms with Gasteiger partial charge in [0.1, 0.15) is 30.3 Å². The van der Waals surface area contributed by atoms with Crippen molar-refractivity contribution < 1.29 is 19.0 Å². The number of amides is 1. The van der Waals surface area contributed by atoms with Crippen LogP contribution in [0.5, 0.6) is 11.5 Å². The van der Waals surface area contributed by atoms with Crippen molar-refractivity contribution in [1.29, 1.82) is 5.26 Å². The van der Waals surface area contributed by atoms with Crippen molar-refractivity contribution in [1.82, 2.24) is 15.5 Å². The maximum absolute atomic E-state index is 13.2. The Morgan fingerprint density at radius 3 is 2.37 bits per heavy atom. The van der Waals surface area contributed by atoms with Gasteiger partial charge in [-0.25, -0.2) is 0 Å². The lowest BCUT2D eigenvalue weighted by molar-refractivity contribution is -0.164. The fourth-order valence-electron chi connectivity index (χ4n) is 7.57. The van der Waals surface area contributed by atoms with E-state index >= 15 is 0 Å². The minimum atomic E-state index is -0.329. The highest BCUT2D eigenvalue weighted by Gasteiger charge is 2.64. The molecule has 43 heavy (non-hydrogen) atoms. The minimum Gasteiger partial charge on any atom is -0.491 e. The van der Waals surface area contributed by atoms with Crippen LogP contribution in [0.2, 0.25) is 5.02 Å². The average Bonchev–Trinajstić information content (AvgIpc) is 3.01. The van der Waals surface area contributed by atoms with Crippen molar-refractivity contribution in [3.8, 4) is 17.6 Å². The molecule has 2 N–H and O–H groups in total. The van der Waals surface area contributed by atoms with E-state index in [0.717, 1.165) is 38.3 Å². The summed E-state index contributed by atoms with van der Waals surface area (Å²) >= 11 is 6.21. The van der Waals surface area contributed by atoms with Crippen molar-refractivity contribution in [2.24, 2.45) is 10.8 Å². The maximum atomic E-state index is 13.2. The second-order valence-electron chi connectivity index (χ2n) is 13.2. The van der Waals surface area contributed by atoms with Gasteiger partial charge in [0.2, 0.25) is 0 Å². The third-order valence-corrected chi connectivity index (χ3v) is 9.83. The fraction of sp³-hybridized carbons (Fsp3) is 0.588. The Labute approximate surface area is 261 Å². The van der Waals surface area contributed by atoms with Crippen LogP contribution < -0.4 is 20.1 Å². The lowest BCUT2D eigenvalue weighted by Gasteiger charge is -2.63. The summed E-state index contributed by atoms with van der Waals surface area (Å²) in [6.45, 7) is 13.7. The summed E-state index contributed by atoms with van der Waals surface area (Å²) in [7, 11) is 0. The van der Waals surface area contributed by atoms with Gasteiger partial charge < -0.3 is 24.8 Å². The van der Waals surface area contributed by atoms with Crippen LogP contribution in [-0.2, 0) is 4.74 Å². The molecule has 0 bridgehead atoms. The molecular formula is C34H45ClN4O4. The van der Waals surface area contributed by atoms with Gasteiger partial charge in [0.25, 0.3) is 5.91 Å². The lowest BCUT2D eigenvalue weighted by atomic mass is 9.49. The molecule has 232 valence electrons. The van der Waals surface area contributed by atoms with Gasteiger partial charge in [-0.15, -0.1) is 0 Å². The Hall–Kier alpha value is -2.83. The molecular weight excluding hydrogens is 564 g/mol. The molecule has 1 heterocycles. The van der Waals surface area contributed by atoms with Gasteiger partial charge in [-0.05, 0) is 49.2 Å². The van der Waals surface area contributed by atoms with Gasteiger partial charge in [0.05, 0.1) is 23.3 Å². The predicted octanol–water partition coefficient (Wildman–Crippen LogP) is 5.44.